The van der Waals surface area contributed by atoms with E-state index in [2.05, 4.69) is 15.6 Å². The van der Waals surface area contributed by atoms with Crippen molar-refractivity contribution in [2.45, 2.75) is 19.5 Å². The molecule has 2 aromatic heterocycles. The first-order valence-electron chi connectivity index (χ1n) is 6.89. The van der Waals surface area contributed by atoms with Crippen LogP contribution in [0, 0.1) is 10.1 Å². The number of carbonyl (C=O) groups excluding carboxylic acids is 2. The number of pyridine rings is 1. The Kier molecular flexibility index (Phi) is 5.09. The van der Waals surface area contributed by atoms with Crippen molar-refractivity contribution in [1.82, 2.24) is 10.3 Å². The largest absolute Gasteiger partial charge is 0.467 e. The summed E-state index contributed by atoms with van der Waals surface area (Å²) >= 11 is 0. The molecule has 10 nitrogen and oxygen atoms in total. The standard InChI is InChI=1S/C14H15N5O5/c1-8(14(21)17-7-10-3-2-4-24-10)18-13-11(12(15)20)5-9(6-16-13)19(22)23/h2-6,8H,7H2,1H3,(H2,15,20)(H,16,18)(H,17,21). The number of hydrogen-bond acceptors (Lipinski definition) is 7. The minimum absolute atomic E-state index is 0.00579. The summed E-state index contributed by atoms with van der Waals surface area (Å²) in [7, 11) is 0. The third-order valence-electron chi connectivity index (χ3n) is 3.11. The SMILES string of the molecule is CC(Nc1ncc([N+](=O)[O-])cc1C(N)=O)C(=O)NCc1ccco1. The number of aromatic nitrogens is 1. The van der Waals surface area contributed by atoms with Crippen molar-refractivity contribution < 1.29 is 18.9 Å². The number of nitrogens with two attached hydrogens (primary N) is 1. The molecule has 0 fully saturated rings. The van der Waals surface area contributed by atoms with E-state index in [1.54, 1.807) is 19.1 Å². The van der Waals surface area contributed by atoms with Gasteiger partial charge in [0.1, 0.15) is 23.8 Å². The van der Waals surface area contributed by atoms with Crippen LogP contribution in [0.5, 0.6) is 0 Å². The average molecular weight is 333 g/mol. The summed E-state index contributed by atoms with van der Waals surface area (Å²) in [5.41, 5.74) is 4.66. The summed E-state index contributed by atoms with van der Waals surface area (Å²) < 4.78 is 5.10. The number of furan rings is 1. The topological polar surface area (TPSA) is 153 Å². The van der Waals surface area contributed by atoms with Gasteiger partial charge in [0.2, 0.25) is 5.91 Å². The number of nitrogens with zero attached hydrogens (tertiary/aromatic N) is 2. The van der Waals surface area contributed by atoms with Gasteiger partial charge in [0.05, 0.1) is 23.3 Å². The number of carbonyl (C=O) groups is 2. The molecule has 0 aliphatic heterocycles. The molecule has 1 atom stereocenters. The third-order valence-corrected chi connectivity index (χ3v) is 3.11. The minimum Gasteiger partial charge on any atom is -0.467 e. The number of amides is 2. The molecular weight excluding hydrogens is 318 g/mol. The molecule has 0 radical (unpaired) electrons. The Balaban J connectivity index is 2.07. The quantitative estimate of drug-likeness (QED) is 0.500. The van der Waals surface area contributed by atoms with Gasteiger partial charge < -0.3 is 20.8 Å². The van der Waals surface area contributed by atoms with E-state index in [1.165, 1.54) is 6.26 Å². The first-order valence-corrected chi connectivity index (χ1v) is 6.89. The predicted octanol–water partition coefficient (Wildman–Crippen LogP) is 0.798. The van der Waals surface area contributed by atoms with Crippen molar-refractivity contribution in [3.8, 4) is 0 Å². The molecular formula is C14H15N5O5. The van der Waals surface area contributed by atoms with Gasteiger partial charge in [0.15, 0.2) is 0 Å². The fraction of sp³-hybridized carbons (Fsp3) is 0.214. The molecule has 10 heteroatoms. The smallest absolute Gasteiger partial charge is 0.288 e. The summed E-state index contributed by atoms with van der Waals surface area (Å²) in [5.74, 6) is -0.686. The van der Waals surface area contributed by atoms with E-state index in [1.807, 2.05) is 0 Å². The van der Waals surface area contributed by atoms with E-state index in [-0.39, 0.29) is 29.5 Å². The number of rotatable bonds is 7. The summed E-state index contributed by atoms with van der Waals surface area (Å²) in [4.78, 5) is 37.3. The zero-order valence-corrected chi connectivity index (χ0v) is 12.7. The van der Waals surface area contributed by atoms with Crippen molar-refractivity contribution in [3.05, 3.63) is 52.1 Å². The highest BCUT2D eigenvalue weighted by molar-refractivity contribution is 5.98. The van der Waals surface area contributed by atoms with Gasteiger partial charge in [-0.3, -0.25) is 19.7 Å². The number of nitro groups is 1. The average Bonchev–Trinajstić information content (AvgIpc) is 3.05. The van der Waals surface area contributed by atoms with Crippen LogP contribution in [-0.4, -0.2) is 27.8 Å². The Labute approximate surface area is 136 Å². The van der Waals surface area contributed by atoms with Crippen LogP contribution in [-0.2, 0) is 11.3 Å². The highest BCUT2D eigenvalue weighted by atomic mass is 16.6. The molecule has 0 bridgehead atoms. The molecule has 0 saturated heterocycles. The second kappa shape index (κ2) is 7.22. The number of primary amides is 1. The molecule has 0 aliphatic rings. The van der Waals surface area contributed by atoms with Gasteiger partial charge in [0, 0.05) is 6.07 Å². The number of nitrogens with one attached hydrogen (secondary N) is 2. The van der Waals surface area contributed by atoms with Crippen molar-refractivity contribution in [2.75, 3.05) is 5.32 Å². The van der Waals surface area contributed by atoms with Crippen LogP contribution in [0.4, 0.5) is 11.5 Å². The van der Waals surface area contributed by atoms with Gasteiger partial charge in [-0.1, -0.05) is 0 Å². The monoisotopic (exact) mass is 333 g/mol. The molecule has 2 aromatic rings. The van der Waals surface area contributed by atoms with Crippen LogP contribution in [0.3, 0.4) is 0 Å². The first-order chi connectivity index (χ1) is 11.4. The normalized spacial score (nSPS) is 11.5. The summed E-state index contributed by atoms with van der Waals surface area (Å²) in [5, 5.41) is 16.1. The van der Waals surface area contributed by atoms with E-state index in [0.29, 0.717) is 5.76 Å². The van der Waals surface area contributed by atoms with Gasteiger partial charge in [-0.2, -0.15) is 0 Å². The van der Waals surface area contributed by atoms with E-state index in [9.17, 15) is 19.7 Å². The van der Waals surface area contributed by atoms with E-state index in [0.717, 1.165) is 12.3 Å². The Hall–Kier alpha value is -3.43. The van der Waals surface area contributed by atoms with Crippen molar-refractivity contribution in [3.63, 3.8) is 0 Å². The molecule has 126 valence electrons. The maximum Gasteiger partial charge on any atom is 0.288 e. The minimum atomic E-state index is -0.892. The predicted molar refractivity (Wildman–Crippen MR) is 83.0 cm³/mol. The molecule has 1 unspecified atom stereocenters. The lowest BCUT2D eigenvalue weighted by Gasteiger charge is -2.15. The second-order valence-corrected chi connectivity index (χ2v) is 4.87. The molecule has 0 aliphatic carbocycles. The molecule has 2 amide bonds. The molecule has 0 spiro atoms. The Morgan fingerprint density at radius 3 is 2.83 bits per heavy atom. The number of hydrogen-bond donors (Lipinski definition) is 3. The summed E-state index contributed by atoms with van der Waals surface area (Å²) in [6.45, 7) is 1.75. The van der Waals surface area contributed by atoms with Crippen LogP contribution < -0.4 is 16.4 Å². The first kappa shape index (κ1) is 16.9. The summed E-state index contributed by atoms with van der Waals surface area (Å²) in [6, 6.07) is 3.66. The van der Waals surface area contributed by atoms with Crippen LogP contribution in [0.15, 0.2) is 35.1 Å². The molecule has 0 aromatic carbocycles. The Morgan fingerprint density at radius 1 is 1.50 bits per heavy atom. The van der Waals surface area contributed by atoms with Gasteiger partial charge in [-0.25, -0.2) is 4.98 Å². The van der Waals surface area contributed by atoms with Crippen molar-refractivity contribution in [1.29, 1.82) is 0 Å². The van der Waals surface area contributed by atoms with Gasteiger partial charge in [0.25, 0.3) is 11.6 Å². The number of anilines is 1. The van der Waals surface area contributed by atoms with E-state index < -0.39 is 16.9 Å². The molecule has 0 saturated carbocycles. The zero-order valence-electron chi connectivity index (χ0n) is 12.7. The van der Waals surface area contributed by atoms with Gasteiger partial charge in [-0.05, 0) is 19.1 Å². The lowest BCUT2D eigenvalue weighted by atomic mass is 10.2. The van der Waals surface area contributed by atoms with E-state index in [4.69, 9.17) is 10.2 Å². The maximum absolute atomic E-state index is 12.0. The van der Waals surface area contributed by atoms with Crippen LogP contribution in [0.1, 0.15) is 23.0 Å². The highest BCUT2D eigenvalue weighted by Gasteiger charge is 2.20. The second-order valence-electron chi connectivity index (χ2n) is 4.87. The molecule has 4 N–H and O–H groups in total. The Bertz CT molecular complexity index is 759. The van der Waals surface area contributed by atoms with Crippen LogP contribution in [0.2, 0.25) is 0 Å². The van der Waals surface area contributed by atoms with Crippen LogP contribution in [0.25, 0.3) is 0 Å². The lowest BCUT2D eigenvalue weighted by molar-refractivity contribution is -0.385. The molecule has 24 heavy (non-hydrogen) atoms. The summed E-state index contributed by atoms with van der Waals surface area (Å²) in [6.07, 6.45) is 2.46. The Morgan fingerprint density at radius 2 is 2.25 bits per heavy atom. The van der Waals surface area contributed by atoms with E-state index >= 15 is 0 Å². The zero-order chi connectivity index (χ0) is 17.7. The van der Waals surface area contributed by atoms with Gasteiger partial charge in [-0.15, -0.1) is 0 Å². The highest BCUT2D eigenvalue weighted by Crippen LogP contribution is 2.19. The fourth-order valence-electron chi connectivity index (χ4n) is 1.87. The fourth-order valence-corrected chi connectivity index (χ4v) is 1.87. The van der Waals surface area contributed by atoms with Crippen molar-refractivity contribution in [2.24, 2.45) is 5.73 Å². The lowest BCUT2D eigenvalue weighted by Crippen LogP contribution is -2.37. The van der Waals surface area contributed by atoms with Crippen molar-refractivity contribution >= 4 is 23.3 Å². The van der Waals surface area contributed by atoms with Gasteiger partial charge >= 0.3 is 0 Å². The maximum atomic E-state index is 12.0. The molecule has 2 heterocycles. The van der Waals surface area contributed by atoms with Crippen LogP contribution >= 0.6 is 0 Å². The third kappa shape index (κ3) is 4.06. The molecule has 2 rings (SSSR count).